The van der Waals surface area contributed by atoms with Crippen molar-refractivity contribution >= 4 is 21.6 Å². The molecule has 2 aromatic carbocycles. The fourth-order valence-corrected chi connectivity index (χ4v) is 5.77. The van der Waals surface area contributed by atoms with Crippen molar-refractivity contribution in [3.05, 3.63) is 109 Å². The SMILES string of the molecule is CCc1sc2[nH]c(=O)n(CCn3ccnc3CO)c(=O)c2c1Cc1ccc(-c2ccccc2C#N)cc1. The summed E-state index contributed by atoms with van der Waals surface area (Å²) in [5.41, 5.74) is 3.68. The number of aryl methyl sites for hydroxylation is 2. The van der Waals surface area contributed by atoms with Gasteiger partial charge in [0.25, 0.3) is 5.56 Å². The molecule has 0 saturated carbocycles. The summed E-state index contributed by atoms with van der Waals surface area (Å²) in [5.74, 6) is 0.482. The Hall–Kier alpha value is -4.26. The fraction of sp³-hybridized carbons (Fsp3) is 0.214. The quantitative estimate of drug-likeness (QED) is 0.328. The molecule has 37 heavy (non-hydrogen) atoms. The Kier molecular flexibility index (Phi) is 6.86. The Morgan fingerprint density at radius 2 is 1.89 bits per heavy atom. The van der Waals surface area contributed by atoms with E-state index in [2.05, 4.69) is 16.0 Å². The van der Waals surface area contributed by atoms with Crippen LogP contribution >= 0.6 is 11.3 Å². The van der Waals surface area contributed by atoms with Crippen LogP contribution in [0.3, 0.4) is 0 Å². The van der Waals surface area contributed by atoms with Gasteiger partial charge in [-0.3, -0.25) is 14.3 Å². The minimum Gasteiger partial charge on any atom is -0.388 e. The number of aliphatic hydroxyl groups excluding tert-OH is 1. The maximum Gasteiger partial charge on any atom is 0.329 e. The second-order valence-corrected chi connectivity index (χ2v) is 9.78. The van der Waals surface area contributed by atoms with E-state index in [0.29, 0.717) is 34.6 Å². The number of H-pyrrole nitrogens is 1. The van der Waals surface area contributed by atoms with Crippen molar-refractivity contribution in [1.82, 2.24) is 19.1 Å². The van der Waals surface area contributed by atoms with E-state index in [1.807, 2.05) is 49.4 Å². The van der Waals surface area contributed by atoms with Crippen LogP contribution in [0, 0.1) is 11.3 Å². The number of fused-ring (bicyclic) bond motifs is 1. The summed E-state index contributed by atoms with van der Waals surface area (Å²) in [4.78, 5) is 35.0. The molecule has 0 spiro atoms. The molecule has 0 fully saturated rings. The number of hydrogen-bond donors (Lipinski definition) is 2. The molecule has 0 aliphatic carbocycles. The van der Waals surface area contributed by atoms with Crippen LogP contribution in [0.25, 0.3) is 21.3 Å². The molecule has 0 aliphatic heterocycles. The van der Waals surface area contributed by atoms with E-state index in [-0.39, 0.29) is 18.7 Å². The number of aliphatic hydroxyl groups is 1. The molecular weight excluding hydrogens is 486 g/mol. The summed E-state index contributed by atoms with van der Waals surface area (Å²) >= 11 is 1.45. The standard InChI is InChI=1S/C28H25N5O3S/c1-2-23-22(15-18-7-9-19(10-8-18)21-6-4-3-5-20(21)16-29)25-26(37-23)31-28(36)33(27(25)35)14-13-32-12-11-30-24(32)17-34/h3-12,34H,2,13-15,17H2,1H3,(H,31,36). The predicted molar refractivity (Wildman–Crippen MR) is 144 cm³/mol. The topological polar surface area (TPSA) is 117 Å². The van der Waals surface area contributed by atoms with Crippen molar-refractivity contribution in [2.24, 2.45) is 0 Å². The molecule has 8 nitrogen and oxygen atoms in total. The molecule has 0 bridgehead atoms. The maximum absolute atomic E-state index is 13.6. The van der Waals surface area contributed by atoms with Crippen molar-refractivity contribution in [2.75, 3.05) is 0 Å². The highest BCUT2D eigenvalue weighted by Crippen LogP contribution is 2.31. The summed E-state index contributed by atoms with van der Waals surface area (Å²) < 4.78 is 2.95. The number of hydrogen-bond acceptors (Lipinski definition) is 6. The van der Waals surface area contributed by atoms with Crippen molar-refractivity contribution < 1.29 is 5.11 Å². The first kappa shape index (κ1) is 24.4. The summed E-state index contributed by atoms with van der Waals surface area (Å²) in [6.45, 7) is 2.34. The highest BCUT2D eigenvalue weighted by Gasteiger charge is 2.19. The van der Waals surface area contributed by atoms with Crippen LogP contribution < -0.4 is 11.2 Å². The molecule has 0 amide bonds. The Balaban J connectivity index is 1.50. The van der Waals surface area contributed by atoms with Gasteiger partial charge in [0.2, 0.25) is 0 Å². The first-order valence-corrected chi connectivity index (χ1v) is 12.8. The summed E-state index contributed by atoms with van der Waals surface area (Å²) in [5, 5.41) is 19.4. The minimum atomic E-state index is -0.445. The van der Waals surface area contributed by atoms with E-state index in [0.717, 1.165) is 33.6 Å². The number of aromatic nitrogens is 4. The molecule has 0 radical (unpaired) electrons. The van der Waals surface area contributed by atoms with E-state index in [9.17, 15) is 20.0 Å². The molecule has 5 aromatic rings. The van der Waals surface area contributed by atoms with Gasteiger partial charge in [0.15, 0.2) is 0 Å². The molecule has 5 rings (SSSR count). The second kappa shape index (κ2) is 10.4. The van der Waals surface area contributed by atoms with Gasteiger partial charge in [0, 0.05) is 30.4 Å². The molecule has 0 aliphatic rings. The lowest BCUT2D eigenvalue weighted by molar-refractivity contribution is 0.264. The maximum atomic E-state index is 13.6. The summed E-state index contributed by atoms with van der Waals surface area (Å²) in [6, 6.07) is 17.8. The molecule has 3 aromatic heterocycles. The van der Waals surface area contributed by atoms with Gasteiger partial charge < -0.3 is 9.67 Å². The Bertz CT molecular complexity index is 1740. The Morgan fingerprint density at radius 1 is 1.11 bits per heavy atom. The van der Waals surface area contributed by atoms with E-state index < -0.39 is 5.69 Å². The van der Waals surface area contributed by atoms with E-state index in [1.54, 1.807) is 23.0 Å². The Morgan fingerprint density at radius 3 is 2.62 bits per heavy atom. The van der Waals surface area contributed by atoms with Crippen LogP contribution in [0.1, 0.15) is 34.3 Å². The van der Waals surface area contributed by atoms with Gasteiger partial charge in [0.05, 0.1) is 17.0 Å². The number of rotatable bonds is 8. The van der Waals surface area contributed by atoms with E-state index in [4.69, 9.17) is 0 Å². The third kappa shape index (κ3) is 4.65. The van der Waals surface area contributed by atoms with E-state index in [1.165, 1.54) is 15.9 Å². The van der Waals surface area contributed by atoms with Gasteiger partial charge in [-0.2, -0.15) is 5.26 Å². The number of nitrogens with zero attached hydrogens (tertiary/aromatic N) is 4. The zero-order valence-electron chi connectivity index (χ0n) is 20.3. The molecule has 0 unspecified atom stereocenters. The van der Waals surface area contributed by atoms with Gasteiger partial charge >= 0.3 is 5.69 Å². The van der Waals surface area contributed by atoms with E-state index >= 15 is 0 Å². The molecule has 9 heteroatoms. The fourth-order valence-electron chi connectivity index (χ4n) is 4.64. The van der Waals surface area contributed by atoms with Crippen molar-refractivity contribution in [3.8, 4) is 17.2 Å². The highest BCUT2D eigenvalue weighted by atomic mass is 32.1. The largest absolute Gasteiger partial charge is 0.388 e. The molecular formula is C28H25N5O3S. The monoisotopic (exact) mass is 511 g/mol. The van der Waals surface area contributed by atoms with Crippen LogP contribution in [0.2, 0.25) is 0 Å². The molecule has 0 saturated heterocycles. The second-order valence-electron chi connectivity index (χ2n) is 8.67. The summed E-state index contributed by atoms with van der Waals surface area (Å²) in [6.07, 6.45) is 4.60. The number of aromatic amines is 1. The normalized spacial score (nSPS) is 11.2. The van der Waals surface area contributed by atoms with Crippen molar-refractivity contribution in [2.45, 2.75) is 39.5 Å². The predicted octanol–water partition coefficient (Wildman–Crippen LogP) is 3.83. The van der Waals surface area contributed by atoms with Gasteiger partial charge in [-0.1, -0.05) is 49.4 Å². The third-order valence-corrected chi connectivity index (χ3v) is 7.83. The van der Waals surface area contributed by atoms with Crippen LogP contribution in [-0.2, 0) is 32.5 Å². The molecule has 0 atom stereocenters. The van der Waals surface area contributed by atoms with Crippen LogP contribution in [0.4, 0.5) is 0 Å². The number of nitrogens with one attached hydrogen (secondary N) is 1. The summed E-state index contributed by atoms with van der Waals surface area (Å²) in [7, 11) is 0. The first-order valence-electron chi connectivity index (χ1n) is 12.0. The van der Waals surface area contributed by atoms with Gasteiger partial charge in [-0.05, 0) is 41.2 Å². The van der Waals surface area contributed by atoms with Gasteiger partial charge in [-0.25, -0.2) is 9.78 Å². The van der Waals surface area contributed by atoms with Crippen molar-refractivity contribution in [3.63, 3.8) is 0 Å². The van der Waals surface area contributed by atoms with Crippen LogP contribution in [0.5, 0.6) is 0 Å². The molecule has 3 heterocycles. The minimum absolute atomic E-state index is 0.164. The molecule has 186 valence electrons. The third-order valence-electron chi connectivity index (χ3n) is 6.54. The number of thiophene rings is 1. The average molecular weight is 512 g/mol. The highest BCUT2D eigenvalue weighted by molar-refractivity contribution is 7.18. The number of imidazole rings is 1. The van der Waals surface area contributed by atoms with Crippen LogP contribution in [0.15, 0.2) is 70.5 Å². The zero-order chi connectivity index (χ0) is 25.9. The lowest BCUT2D eigenvalue weighted by Gasteiger charge is -2.09. The van der Waals surface area contributed by atoms with Crippen LogP contribution in [-0.4, -0.2) is 24.2 Å². The average Bonchev–Trinajstić information content (AvgIpc) is 3.52. The van der Waals surface area contributed by atoms with Gasteiger partial charge in [0.1, 0.15) is 17.3 Å². The lowest BCUT2D eigenvalue weighted by Crippen LogP contribution is -2.36. The first-order chi connectivity index (χ1) is 18.0. The smallest absolute Gasteiger partial charge is 0.329 e. The number of benzene rings is 2. The van der Waals surface area contributed by atoms with Gasteiger partial charge in [-0.15, -0.1) is 11.3 Å². The number of nitriles is 1. The molecule has 2 N–H and O–H groups in total. The zero-order valence-corrected chi connectivity index (χ0v) is 21.1. The van der Waals surface area contributed by atoms with Crippen molar-refractivity contribution in [1.29, 1.82) is 5.26 Å². The lowest BCUT2D eigenvalue weighted by atomic mass is 9.97. The Labute approximate surface area is 216 Å².